The molecule has 5 fully saturated rings. The fourth-order valence-electron chi connectivity index (χ4n) is 19.4. The summed E-state index contributed by atoms with van der Waals surface area (Å²) in [7, 11) is 12.1. The average Bonchev–Trinajstić information content (AvgIpc) is 1.63. The van der Waals surface area contributed by atoms with Crippen molar-refractivity contribution in [2.24, 2.45) is 21.7 Å². The predicted molar refractivity (Wildman–Crippen MR) is 512 cm³/mol. The van der Waals surface area contributed by atoms with Gasteiger partial charge in [0.1, 0.15) is 34.2 Å². The minimum Gasteiger partial charge on any atom is -0.495 e. The number of H-pyrrole nitrogens is 1. The van der Waals surface area contributed by atoms with Crippen LogP contribution in [0.4, 0.5) is 80.9 Å². The summed E-state index contributed by atoms with van der Waals surface area (Å²) in [6.45, 7) is 20.5. The topological polar surface area (TPSA) is 351 Å². The van der Waals surface area contributed by atoms with Crippen molar-refractivity contribution in [3.8, 4) is 22.8 Å². The number of aromatic amines is 1. The lowest BCUT2D eigenvalue weighted by atomic mass is 9.91. The Balaban J connectivity index is 0.000000134. The second kappa shape index (κ2) is 39.6. The van der Waals surface area contributed by atoms with Crippen molar-refractivity contribution in [2.75, 3.05) is 144 Å². The molecule has 0 atom stereocenters. The molecule has 18 rings (SSSR count). The van der Waals surface area contributed by atoms with Crippen molar-refractivity contribution in [3.05, 3.63) is 139 Å². The maximum Gasteiger partial charge on any atom is 0.251 e. The lowest BCUT2D eigenvalue weighted by Gasteiger charge is -2.34. The zero-order chi connectivity index (χ0) is 91.9. The summed E-state index contributed by atoms with van der Waals surface area (Å²) in [5.41, 5.74) is 6.56. The van der Waals surface area contributed by atoms with Crippen molar-refractivity contribution in [2.45, 2.75) is 211 Å². The van der Waals surface area contributed by atoms with Crippen LogP contribution in [0.1, 0.15) is 192 Å². The Morgan fingerprint density at radius 1 is 0.438 bits per heavy atom. The highest BCUT2D eigenvalue weighted by molar-refractivity contribution is 7.99. The first-order chi connectivity index (χ1) is 62.4. The maximum absolute atomic E-state index is 13.2. The van der Waals surface area contributed by atoms with Gasteiger partial charge in [-0.3, -0.25) is 33.9 Å². The van der Waals surface area contributed by atoms with Gasteiger partial charge in [0.15, 0.2) is 28.4 Å². The van der Waals surface area contributed by atoms with Gasteiger partial charge in [-0.25, -0.2) is 24.9 Å². The Hall–Kier alpha value is -12.3. The first kappa shape index (κ1) is 92.5. The van der Waals surface area contributed by atoms with E-state index < -0.39 is 21.7 Å². The number of benzene rings is 4. The molecule has 9 aromatic rings. The van der Waals surface area contributed by atoms with Crippen LogP contribution in [-0.2, 0) is 19.2 Å². The van der Waals surface area contributed by atoms with Crippen LogP contribution in [0.2, 0.25) is 0 Å². The standard InChI is InChI=1S/C28H39N7O3.C24H29N7O.C23H29N5O2S.C22H29N5O2/c1-28(2)17-35(20-7-5-6-8-20)24-22(34(3)26(28)37)16-30-27(33-24)32-21-10-9-18(15-23(21)38-4)25(36)31-19-11-13-29-14-12-19;1-24(2)15-31(18-6-4-5-7-18)21-20(30(3)22(24)32)14-25-23(28-21)27-17-10-8-16(9-11-17)19-12-13-26-29-19;1-23(2)14-28(16-7-5-6-8-16)19-18(27(4)21(23)30)13-25-22(26-19)31-17-11-9-15(10-12-17)20(29)24-3;1-22(2)14-27(15-9-5-6-10-15)19-17(26(3)20(22)28)13-23-21(25-19)24-16-11-7-8-12-18(16)29-4/h9-10,15-16,19-20,29H,5-8,11-14,17H2,1-4H3,(H,31,36)(H,30,32,33);8-14,18H,4-7,15H2,1-3H3,(H,26,29)(H,25,27,28);9-13,16H,5-8,14H2,1-4H3,(H,24,29);7-8,11-13,15H,5-6,9-10,14H2,1-4H3,(H,23,24,25). The summed E-state index contributed by atoms with van der Waals surface area (Å²) in [6.07, 6.45) is 29.3. The first-order valence-corrected chi connectivity index (χ1v) is 46.6. The van der Waals surface area contributed by atoms with E-state index >= 15 is 0 Å². The summed E-state index contributed by atoms with van der Waals surface area (Å²) in [4.78, 5) is 132. The van der Waals surface area contributed by atoms with E-state index in [-0.39, 0.29) is 41.5 Å². The van der Waals surface area contributed by atoms with E-state index in [1.165, 1.54) is 63.1 Å². The molecular weight excluding hydrogens is 1660 g/mol. The van der Waals surface area contributed by atoms with Crippen LogP contribution >= 0.6 is 11.8 Å². The number of ether oxygens (including phenoxy) is 2. The normalized spacial score (nSPS) is 19.2. The second-order valence-corrected chi connectivity index (χ2v) is 39.1. The van der Waals surface area contributed by atoms with Crippen LogP contribution in [0, 0.1) is 21.7 Å². The number of aromatic nitrogens is 10. The number of fused-ring (bicyclic) bond motifs is 4. The van der Waals surface area contributed by atoms with Gasteiger partial charge >= 0.3 is 0 Å². The molecule has 32 nitrogen and oxygen atoms in total. The van der Waals surface area contributed by atoms with Crippen LogP contribution in [0.3, 0.4) is 0 Å². The molecule has 6 amide bonds. The Kier molecular flexibility index (Phi) is 28.2. The summed E-state index contributed by atoms with van der Waals surface area (Å²) >= 11 is 1.46. The number of methoxy groups -OCH3 is 2. The van der Waals surface area contributed by atoms with Gasteiger partial charge in [-0.1, -0.05) is 75.6 Å². The molecule has 0 bridgehead atoms. The summed E-state index contributed by atoms with van der Waals surface area (Å²) in [5, 5.41) is 26.6. The number of rotatable bonds is 18. The van der Waals surface area contributed by atoms with E-state index in [2.05, 4.69) is 81.6 Å². The number of carbonyl (C=O) groups is 6. The zero-order valence-corrected chi connectivity index (χ0v) is 78.6. The number of piperidine rings is 1. The van der Waals surface area contributed by atoms with Gasteiger partial charge in [0.25, 0.3) is 11.8 Å². The molecule has 0 radical (unpaired) electrons. The number of anilines is 14. The van der Waals surface area contributed by atoms with E-state index in [1.807, 2.05) is 149 Å². The van der Waals surface area contributed by atoms with Gasteiger partial charge in [0, 0.05) is 120 Å². The highest BCUT2D eigenvalue weighted by Crippen LogP contribution is 2.47. The lowest BCUT2D eigenvalue weighted by Crippen LogP contribution is -2.45. The van der Waals surface area contributed by atoms with Crippen LogP contribution in [0.5, 0.6) is 11.5 Å². The molecule has 4 saturated carbocycles. The van der Waals surface area contributed by atoms with Gasteiger partial charge in [-0.05, 0) is 223 Å². The number of hydrogen-bond acceptors (Lipinski definition) is 26. The van der Waals surface area contributed by atoms with Crippen molar-refractivity contribution in [1.82, 2.24) is 66.0 Å². The SMILES string of the molecule is CN1C(=O)C(C)(C)CN(C2CCCC2)c2nc(Nc3ccc(-c4ccn[nH]4)cc3)ncc21.CNC(=O)c1ccc(Sc2ncc3c(n2)N(C2CCCC2)CC(C)(C)C(=O)N3C)cc1.COc1cc(C(=O)NC2CCNCC2)ccc1Nc1ncc2c(n1)N(C1CCCC1)CC(C)(C)C(=O)N2C.COc1ccccc1Nc1ncc2c(n1)N(C1CCCC1)CC(C)(C)C(=O)N2C. The number of hydrogen-bond donors (Lipinski definition) is 7. The number of para-hydroxylation sites is 2. The highest BCUT2D eigenvalue weighted by atomic mass is 32.2. The fraction of sp³-hybridized carbons (Fsp3) is 0.495. The molecule has 9 aliphatic rings. The van der Waals surface area contributed by atoms with Crippen molar-refractivity contribution < 1.29 is 38.2 Å². The van der Waals surface area contributed by atoms with Crippen molar-refractivity contribution in [1.29, 1.82) is 0 Å². The maximum atomic E-state index is 13.2. The molecule has 7 N–H and O–H groups in total. The number of nitrogens with zero attached hydrogens (tertiary/aromatic N) is 17. The van der Waals surface area contributed by atoms with Gasteiger partial charge in [-0.15, -0.1) is 0 Å². The lowest BCUT2D eigenvalue weighted by molar-refractivity contribution is -0.126. The second-order valence-electron chi connectivity index (χ2n) is 38.1. The molecule has 130 heavy (non-hydrogen) atoms. The molecule has 4 aromatic carbocycles. The fourth-order valence-corrected chi connectivity index (χ4v) is 20.2. The van der Waals surface area contributed by atoms with Crippen LogP contribution in [-0.4, -0.2) is 204 Å². The van der Waals surface area contributed by atoms with E-state index in [9.17, 15) is 28.8 Å². The highest BCUT2D eigenvalue weighted by Gasteiger charge is 2.47. The smallest absolute Gasteiger partial charge is 0.251 e. The first-order valence-electron chi connectivity index (χ1n) is 45.8. The number of amides is 6. The minimum atomic E-state index is -0.542. The van der Waals surface area contributed by atoms with E-state index in [0.29, 0.717) is 95.9 Å². The summed E-state index contributed by atoms with van der Waals surface area (Å²) in [5.74, 6) is 6.09. The third-order valence-electron chi connectivity index (χ3n) is 26.6. The largest absolute Gasteiger partial charge is 0.495 e. The van der Waals surface area contributed by atoms with E-state index in [4.69, 9.17) is 29.4 Å². The Morgan fingerprint density at radius 2 is 0.831 bits per heavy atom. The number of carbonyl (C=O) groups excluding carboxylic acids is 6. The molecule has 688 valence electrons. The summed E-state index contributed by atoms with van der Waals surface area (Å²) < 4.78 is 11.1. The Morgan fingerprint density at radius 3 is 1.24 bits per heavy atom. The van der Waals surface area contributed by atoms with E-state index in [0.717, 1.165) is 157 Å². The minimum absolute atomic E-state index is 0.0589. The van der Waals surface area contributed by atoms with Gasteiger partial charge in [0.05, 0.1) is 77.7 Å². The molecule has 10 heterocycles. The monoisotopic (exact) mass is 1790 g/mol. The third-order valence-corrected chi connectivity index (χ3v) is 27.5. The number of nitrogens with one attached hydrogen (secondary N) is 7. The van der Waals surface area contributed by atoms with Gasteiger partial charge in [-0.2, -0.15) is 20.1 Å². The van der Waals surface area contributed by atoms with Crippen LogP contribution in [0.25, 0.3) is 11.3 Å². The Bertz CT molecular complexity index is 5530. The van der Waals surface area contributed by atoms with E-state index in [1.54, 1.807) is 103 Å². The molecule has 0 unspecified atom stereocenters. The van der Waals surface area contributed by atoms with Gasteiger partial charge < -0.3 is 80.6 Å². The zero-order valence-electron chi connectivity index (χ0n) is 77.8. The summed E-state index contributed by atoms with van der Waals surface area (Å²) in [6, 6.07) is 32.1. The Labute approximate surface area is 766 Å². The molecule has 33 heteroatoms. The third kappa shape index (κ3) is 20.5. The molecule has 0 spiro atoms. The van der Waals surface area contributed by atoms with Crippen LogP contribution < -0.4 is 80.6 Å². The van der Waals surface area contributed by atoms with Crippen molar-refractivity contribution >= 4 is 128 Å². The molecule has 1 saturated heterocycles. The van der Waals surface area contributed by atoms with Crippen LogP contribution in [0.15, 0.2) is 138 Å². The van der Waals surface area contributed by atoms with Gasteiger partial charge in [0.2, 0.25) is 41.5 Å². The van der Waals surface area contributed by atoms with Crippen molar-refractivity contribution in [3.63, 3.8) is 0 Å². The average molecular weight is 1790 g/mol. The molecule has 5 aliphatic heterocycles. The molecule has 5 aromatic heterocycles. The molecule has 4 aliphatic carbocycles. The quantitative estimate of drug-likeness (QED) is 0.0392. The molecular formula is C97H126N24O8S. The predicted octanol–water partition coefficient (Wildman–Crippen LogP) is 15.5.